The third kappa shape index (κ3) is 3.37. The van der Waals surface area contributed by atoms with Gasteiger partial charge in [-0.1, -0.05) is 12.1 Å². The molecule has 1 aliphatic heterocycles. The molecule has 0 N–H and O–H groups in total. The molecule has 1 aliphatic rings. The molecule has 1 saturated heterocycles. The van der Waals surface area contributed by atoms with Crippen LogP contribution in [0.2, 0.25) is 0 Å². The lowest BCUT2D eigenvalue weighted by Gasteiger charge is -2.31. The van der Waals surface area contributed by atoms with Crippen molar-refractivity contribution in [1.29, 1.82) is 0 Å². The van der Waals surface area contributed by atoms with Crippen LogP contribution in [0, 0.1) is 12.8 Å². The van der Waals surface area contributed by atoms with E-state index in [-0.39, 0.29) is 18.4 Å². The molecule has 1 aromatic rings. The van der Waals surface area contributed by atoms with Crippen LogP contribution < -0.4 is 4.90 Å². The zero-order chi connectivity index (χ0) is 14.7. The van der Waals surface area contributed by atoms with Gasteiger partial charge >= 0.3 is 0 Å². The van der Waals surface area contributed by atoms with E-state index in [0.29, 0.717) is 17.5 Å². The number of aromatic nitrogens is 1. The SMILES string of the molecule is CC(=O)N(CC(=O)N1CCC(C)CC1)c1cc(C)on1. The van der Waals surface area contributed by atoms with Crippen molar-refractivity contribution >= 4 is 17.6 Å². The molecule has 20 heavy (non-hydrogen) atoms. The van der Waals surface area contributed by atoms with E-state index in [1.807, 2.05) is 4.90 Å². The van der Waals surface area contributed by atoms with Crippen LogP contribution in [0.25, 0.3) is 0 Å². The Morgan fingerprint density at radius 3 is 2.60 bits per heavy atom. The number of piperidine rings is 1. The van der Waals surface area contributed by atoms with Crippen LogP contribution in [0.15, 0.2) is 10.6 Å². The zero-order valence-electron chi connectivity index (χ0n) is 12.3. The first-order chi connectivity index (χ1) is 9.47. The van der Waals surface area contributed by atoms with Crippen LogP contribution in [0.5, 0.6) is 0 Å². The van der Waals surface area contributed by atoms with E-state index in [0.717, 1.165) is 25.9 Å². The molecular weight excluding hydrogens is 258 g/mol. The van der Waals surface area contributed by atoms with Crippen molar-refractivity contribution in [2.45, 2.75) is 33.6 Å². The summed E-state index contributed by atoms with van der Waals surface area (Å²) >= 11 is 0. The van der Waals surface area contributed by atoms with Gasteiger partial charge in [0, 0.05) is 26.1 Å². The Kier molecular flexibility index (Phi) is 4.42. The maximum Gasteiger partial charge on any atom is 0.242 e. The minimum absolute atomic E-state index is 0.0235. The summed E-state index contributed by atoms with van der Waals surface area (Å²) in [5.74, 6) is 1.44. The van der Waals surface area contributed by atoms with Gasteiger partial charge in [-0.2, -0.15) is 0 Å². The summed E-state index contributed by atoms with van der Waals surface area (Å²) in [6.07, 6.45) is 2.05. The number of rotatable bonds is 3. The van der Waals surface area contributed by atoms with Crippen LogP contribution >= 0.6 is 0 Å². The molecule has 0 atom stereocenters. The Bertz CT molecular complexity index is 490. The molecule has 0 aliphatic carbocycles. The van der Waals surface area contributed by atoms with Crippen molar-refractivity contribution in [3.8, 4) is 0 Å². The number of carbonyl (C=O) groups is 2. The Morgan fingerprint density at radius 2 is 2.10 bits per heavy atom. The quantitative estimate of drug-likeness (QED) is 0.842. The molecular formula is C14H21N3O3. The number of anilines is 1. The van der Waals surface area contributed by atoms with Gasteiger partial charge in [0.1, 0.15) is 12.3 Å². The van der Waals surface area contributed by atoms with Crippen molar-refractivity contribution in [2.24, 2.45) is 5.92 Å². The molecule has 0 bridgehead atoms. The van der Waals surface area contributed by atoms with Gasteiger partial charge in [0.15, 0.2) is 5.82 Å². The molecule has 0 unspecified atom stereocenters. The Balaban J connectivity index is 2.01. The van der Waals surface area contributed by atoms with Gasteiger partial charge < -0.3 is 9.42 Å². The van der Waals surface area contributed by atoms with Crippen LogP contribution in [-0.2, 0) is 9.59 Å². The smallest absolute Gasteiger partial charge is 0.242 e. The monoisotopic (exact) mass is 279 g/mol. The molecule has 2 heterocycles. The second-order valence-electron chi connectivity index (χ2n) is 5.46. The lowest BCUT2D eigenvalue weighted by molar-refractivity contribution is -0.132. The fraction of sp³-hybridized carbons (Fsp3) is 0.643. The summed E-state index contributed by atoms with van der Waals surface area (Å²) in [7, 11) is 0. The van der Waals surface area contributed by atoms with E-state index in [2.05, 4.69) is 12.1 Å². The second kappa shape index (κ2) is 6.07. The largest absolute Gasteiger partial charge is 0.360 e. The molecule has 2 amide bonds. The summed E-state index contributed by atoms with van der Waals surface area (Å²) in [6, 6.07) is 1.66. The number of amides is 2. The Labute approximate surface area is 118 Å². The van der Waals surface area contributed by atoms with Crippen molar-refractivity contribution in [3.63, 3.8) is 0 Å². The molecule has 0 saturated carbocycles. The van der Waals surface area contributed by atoms with Gasteiger partial charge in [-0.05, 0) is 25.7 Å². The first-order valence-electron chi connectivity index (χ1n) is 6.96. The molecule has 2 rings (SSSR count). The first-order valence-corrected chi connectivity index (χ1v) is 6.96. The van der Waals surface area contributed by atoms with Crippen molar-refractivity contribution in [1.82, 2.24) is 10.1 Å². The van der Waals surface area contributed by atoms with Crippen LogP contribution in [0.1, 0.15) is 32.4 Å². The summed E-state index contributed by atoms with van der Waals surface area (Å²) < 4.78 is 4.97. The van der Waals surface area contributed by atoms with Gasteiger partial charge in [-0.25, -0.2) is 0 Å². The van der Waals surface area contributed by atoms with E-state index in [1.54, 1.807) is 13.0 Å². The van der Waals surface area contributed by atoms with Gasteiger partial charge in [-0.15, -0.1) is 0 Å². The van der Waals surface area contributed by atoms with E-state index >= 15 is 0 Å². The summed E-state index contributed by atoms with van der Waals surface area (Å²) in [6.45, 7) is 6.93. The maximum absolute atomic E-state index is 12.3. The highest BCUT2D eigenvalue weighted by molar-refractivity contribution is 5.96. The average Bonchev–Trinajstić information content (AvgIpc) is 2.82. The normalized spacial score (nSPS) is 16.2. The zero-order valence-corrected chi connectivity index (χ0v) is 12.3. The minimum atomic E-state index is -0.211. The molecule has 110 valence electrons. The average molecular weight is 279 g/mol. The number of likely N-dealkylation sites (tertiary alicyclic amines) is 1. The predicted octanol–water partition coefficient (Wildman–Crippen LogP) is 1.59. The van der Waals surface area contributed by atoms with Gasteiger partial charge in [-0.3, -0.25) is 14.5 Å². The Hall–Kier alpha value is -1.85. The number of hydrogen-bond donors (Lipinski definition) is 0. The van der Waals surface area contributed by atoms with Crippen LogP contribution in [0.3, 0.4) is 0 Å². The van der Waals surface area contributed by atoms with Gasteiger partial charge in [0.25, 0.3) is 0 Å². The summed E-state index contributed by atoms with van der Waals surface area (Å²) in [5.41, 5.74) is 0. The van der Waals surface area contributed by atoms with Gasteiger partial charge in [0.05, 0.1) is 0 Å². The summed E-state index contributed by atoms with van der Waals surface area (Å²) in [5, 5.41) is 3.81. The lowest BCUT2D eigenvalue weighted by Crippen LogP contribution is -2.45. The maximum atomic E-state index is 12.3. The minimum Gasteiger partial charge on any atom is -0.360 e. The van der Waals surface area contributed by atoms with Crippen molar-refractivity contribution in [2.75, 3.05) is 24.5 Å². The molecule has 6 heteroatoms. The highest BCUT2D eigenvalue weighted by Crippen LogP contribution is 2.18. The number of carbonyl (C=O) groups excluding carboxylic acids is 2. The van der Waals surface area contributed by atoms with E-state index in [9.17, 15) is 9.59 Å². The predicted molar refractivity (Wildman–Crippen MR) is 74.2 cm³/mol. The number of hydrogen-bond acceptors (Lipinski definition) is 4. The topological polar surface area (TPSA) is 66.7 Å². The molecule has 1 aromatic heterocycles. The fourth-order valence-corrected chi connectivity index (χ4v) is 2.33. The molecule has 0 spiro atoms. The second-order valence-corrected chi connectivity index (χ2v) is 5.46. The van der Waals surface area contributed by atoms with Gasteiger partial charge in [0.2, 0.25) is 11.8 Å². The molecule has 1 fully saturated rings. The number of nitrogens with zero attached hydrogens (tertiary/aromatic N) is 3. The van der Waals surface area contributed by atoms with E-state index in [1.165, 1.54) is 11.8 Å². The molecule has 6 nitrogen and oxygen atoms in total. The third-order valence-electron chi connectivity index (χ3n) is 3.70. The van der Waals surface area contributed by atoms with E-state index in [4.69, 9.17) is 4.52 Å². The van der Waals surface area contributed by atoms with Crippen LogP contribution in [-0.4, -0.2) is 41.5 Å². The van der Waals surface area contributed by atoms with Crippen molar-refractivity contribution < 1.29 is 14.1 Å². The number of aryl methyl sites for hydroxylation is 1. The molecule has 0 radical (unpaired) electrons. The Morgan fingerprint density at radius 1 is 1.45 bits per heavy atom. The fourth-order valence-electron chi connectivity index (χ4n) is 2.33. The summed E-state index contributed by atoms with van der Waals surface area (Å²) in [4.78, 5) is 27.2. The highest BCUT2D eigenvalue weighted by Gasteiger charge is 2.25. The molecule has 0 aromatic carbocycles. The van der Waals surface area contributed by atoms with E-state index < -0.39 is 0 Å². The van der Waals surface area contributed by atoms with Crippen molar-refractivity contribution in [3.05, 3.63) is 11.8 Å². The van der Waals surface area contributed by atoms with Crippen LogP contribution in [0.4, 0.5) is 5.82 Å². The highest BCUT2D eigenvalue weighted by atomic mass is 16.5. The standard InChI is InChI=1S/C14H21N3O3/c1-10-4-6-16(7-5-10)14(19)9-17(12(3)18)13-8-11(2)20-15-13/h8,10H,4-7,9H2,1-3H3. The first kappa shape index (κ1) is 14.6. The third-order valence-corrected chi connectivity index (χ3v) is 3.70. The lowest BCUT2D eigenvalue weighted by atomic mass is 9.99.